The number of benzene rings is 1. The number of aliphatic imine (C=N–C) groups is 1. The van der Waals surface area contributed by atoms with Crippen molar-refractivity contribution < 1.29 is 4.74 Å². The molecule has 0 aromatic heterocycles. The first-order valence-electron chi connectivity index (χ1n) is 8.06. The predicted molar refractivity (Wildman–Crippen MR) is 92.8 cm³/mol. The second-order valence-corrected chi connectivity index (χ2v) is 6.04. The fourth-order valence-electron chi connectivity index (χ4n) is 2.45. The van der Waals surface area contributed by atoms with Gasteiger partial charge in [0.1, 0.15) is 0 Å². The highest BCUT2D eigenvalue weighted by Gasteiger charge is 2.44. The Balaban J connectivity index is 1.92. The minimum atomic E-state index is 0.201. The van der Waals surface area contributed by atoms with Gasteiger partial charge in [-0.05, 0) is 44.4 Å². The Morgan fingerprint density at radius 1 is 1.23 bits per heavy atom. The fraction of sp³-hybridized carbons (Fsp3) is 0.588. The van der Waals surface area contributed by atoms with E-state index in [2.05, 4.69) is 29.7 Å². The van der Waals surface area contributed by atoms with Crippen LogP contribution in [0.2, 0.25) is 5.02 Å². The van der Waals surface area contributed by atoms with Gasteiger partial charge in [-0.2, -0.15) is 0 Å². The summed E-state index contributed by atoms with van der Waals surface area (Å²) < 4.78 is 5.34. The third-order valence-electron chi connectivity index (χ3n) is 3.94. The topological polar surface area (TPSA) is 45.7 Å². The first-order valence-corrected chi connectivity index (χ1v) is 8.44. The Bertz CT molecular complexity index is 483. The highest BCUT2D eigenvalue weighted by atomic mass is 35.5. The molecule has 0 saturated heterocycles. The summed E-state index contributed by atoms with van der Waals surface area (Å²) in [5, 5.41) is 7.38. The molecule has 0 unspecified atom stereocenters. The van der Waals surface area contributed by atoms with Gasteiger partial charge < -0.3 is 15.4 Å². The van der Waals surface area contributed by atoms with E-state index >= 15 is 0 Å². The second kappa shape index (κ2) is 8.39. The first-order chi connectivity index (χ1) is 10.7. The average molecular weight is 324 g/mol. The van der Waals surface area contributed by atoms with Gasteiger partial charge in [0, 0.05) is 30.1 Å². The Morgan fingerprint density at radius 3 is 2.55 bits per heavy atom. The Labute approximate surface area is 138 Å². The molecular formula is C17H26ClN3O. The molecule has 1 fully saturated rings. The number of nitrogens with one attached hydrogen (secondary N) is 2. The highest BCUT2D eigenvalue weighted by molar-refractivity contribution is 6.30. The molecule has 2 N–H and O–H groups in total. The smallest absolute Gasteiger partial charge is 0.191 e. The molecule has 1 aromatic rings. The monoisotopic (exact) mass is 323 g/mol. The molecule has 1 aliphatic rings. The maximum absolute atomic E-state index is 5.97. The number of guanidine groups is 1. The van der Waals surface area contributed by atoms with Gasteiger partial charge in [-0.15, -0.1) is 0 Å². The summed E-state index contributed by atoms with van der Waals surface area (Å²) in [6, 6.07) is 8.18. The molecule has 122 valence electrons. The zero-order valence-electron chi connectivity index (χ0n) is 13.5. The van der Waals surface area contributed by atoms with Crippen molar-refractivity contribution in [2.75, 3.05) is 32.8 Å². The summed E-state index contributed by atoms with van der Waals surface area (Å²) in [6.07, 6.45) is 2.38. The van der Waals surface area contributed by atoms with Gasteiger partial charge >= 0.3 is 0 Å². The summed E-state index contributed by atoms with van der Waals surface area (Å²) >= 11 is 5.97. The lowest BCUT2D eigenvalue weighted by molar-refractivity contribution is 0.152. The predicted octanol–water partition coefficient (Wildman–Crippen LogP) is 2.96. The van der Waals surface area contributed by atoms with Crippen molar-refractivity contribution in [3.63, 3.8) is 0 Å². The molecule has 0 radical (unpaired) electrons. The van der Waals surface area contributed by atoms with Crippen LogP contribution in [0.4, 0.5) is 0 Å². The molecule has 1 aromatic carbocycles. The average Bonchev–Trinajstić information content (AvgIpc) is 3.31. The third kappa shape index (κ3) is 4.89. The van der Waals surface area contributed by atoms with Crippen LogP contribution in [0.1, 0.15) is 32.3 Å². The van der Waals surface area contributed by atoms with E-state index in [1.165, 1.54) is 18.4 Å². The number of halogens is 1. The van der Waals surface area contributed by atoms with Crippen LogP contribution in [-0.4, -0.2) is 38.8 Å². The lowest BCUT2D eigenvalue weighted by atomic mass is 9.96. The minimum absolute atomic E-state index is 0.201. The van der Waals surface area contributed by atoms with E-state index in [0.29, 0.717) is 6.61 Å². The molecule has 5 heteroatoms. The van der Waals surface area contributed by atoms with Crippen molar-refractivity contribution >= 4 is 17.6 Å². The Kier molecular flexibility index (Phi) is 6.52. The van der Waals surface area contributed by atoms with Gasteiger partial charge in [0.2, 0.25) is 0 Å². The SMILES string of the molecule is CCNC(=NCC1(c2ccc(Cl)cc2)CC1)NCCOCC. The molecule has 2 rings (SSSR count). The lowest BCUT2D eigenvalue weighted by Crippen LogP contribution is -2.39. The number of nitrogens with zero attached hydrogens (tertiary/aromatic N) is 1. The zero-order valence-corrected chi connectivity index (χ0v) is 14.2. The van der Waals surface area contributed by atoms with E-state index in [0.717, 1.165) is 37.2 Å². The fourth-order valence-corrected chi connectivity index (χ4v) is 2.58. The lowest BCUT2D eigenvalue weighted by Gasteiger charge is -2.16. The summed E-state index contributed by atoms with van der Waals surface area (Å²) in [4.78, 5) is 4.75. The van der Waals surface area contributed by atoms with E-state index < -0.39 is 0 Å². The van der Waals surface area contributed by atoms with Crippen LogP contribution in [0.15, 0.2) is 29.3 Å². The van der Waals surface area contributed by atoms with Crippen LogP contribution in [0.3, 0.4) is 0 Å². The van der Waals surface area contributed by atoms with Gasteiger partial charge in [-0.3, -0.25) is 4.99 Å². The molecule has 0 heterocycles. The number of hydrogen-bond donors (Lipinski definition) is 2. The van der Waals surface area contributed by atoms with Crippen molar-refractivity contribution in [1.82, 2.24) is 10.6 Å². The summed E-state index contributed by atoms with van der Waals surface area (Å²) in [5.41, 5.74) is 1.54. The first kappa shape index (κ1) is 17.1. The van der Waals surface area contributed by atoms with Crippen molar-refractivity contribution in [2.45, 2.75) is 32.1 Å². The highest BCUT2D eigenvalue weighted by Crippen LogP contribution is 2.48. The molecular weight excluding hydrogens is 298 g/mol. The van der Waals surface area contributed by atoms with E-state index in [-0.39, 0.29) is 5.41 Å². The van der Waals surface area contributed by atoms with Crippen molar-refractivity contribution in [3.05, 3.63) is 34.9 Å². The number of hydrogen-bond acceptors (Lipinski definition) is 2. The summed E-state index contributed by atoms with van der Waals surface area (Å²) in [7, 11) is 0. The molecule has 1 aliphatic carbocycles. The molecule has 0 amide bonds. The quantitative estimate of drug-likeness (QED) is 0.439. The van der Waals surface area contributed by atoms with Gasteiger partial charge in [0.25, 0.3) is 0 Å². The van der Waals surface area contributed by atoms with E-state index in [4.69, 9.17) is 21.3 Å². The van der Waals surface area contributed by atoms with Crippen LogP contribution in [0, 0.1) is 0 Å². The minimum Gasteiger partial charge on any atom is -0.380 e. The van der Waals surface area contributed by atoms with Crippen LogP contribution in [-0.2, 0) is 10.2 Å². The molecule has 0 bridgehead atoms. The molecule has 22 heavy (non-hydrogen) atoms. The standard InChI is InChI=1S/C17H26ClN3O/c1-3-19-16(20-11-12-22-4-2)21-13-17(9-10-17)14-5-7-15(18)8-6-14/h5-8H,3-4,9-13H2,1-2H3,(H2,19,20,21). The van der Waals surface area contributed by atoms with Crippen molar-refractivity contribution in [1.29, 1.82) is 0 Å². The van der Waals surface area contributed by atoms with Crippen molar-refractivity contribution in [2.24, 2.45) is 4.99 Å². The molecule has 0 aliphatic heterocycles. The molecule has 4 nitrogen and oxygen atoms in total. The normalized spacial score (nSPS) is 16.4. The van der Waals surface area contributed by atoms with E-state index in [1.54, 1.807) is 0 Å². The van der Waals surface area contributed by atoms with Crippen LogP contribution in [0.5, 0.6) is 0 Å². The third-order valence-corrected chi connectivity index (χ3v) is 4.19. The van der Waals surface area contributed by atoms with Gasteiger partial charge in [-0.1, -0.05) is 23.7 Å². The number of rotatable bonds is 8. The van der Waals surface area contributed by atoms with Gasteiger partial charge in [0.05, 0.1) is 13.2 Å². The van der Waals surface area contributed by atoms with E-state index in [9.17, 15) is 0 Å². The summed E-state index contributed by atoms with van der Waals surface area (Å²) in [6.45, 7) is 7.95. The maximum Gasteiger partial charge on any atom is 0.191 e. The Hall–Kier alpha value is -1.26. The number of ether oxygens (including phenoxy) is 1. The molecule has 0 atom stereocenters. The second-order valence-electron chi connectivity index (χ2n) is 5.61. The van der Waals surface area contributed by atoms with Gasteiger partial charge in [0.15, 0.2) is 5.96 Å². The van der Waals surface area contributed by atoms with Crippen LogP contribution >= 0.6 is 11.6 Å². The summed E-state index contributed by atoms with van der Waals surface area (Å²) in [5.74, 6) is 0.863. The molecule has 1 saturated carbocycles. The van der Waals surface area contributed by atoms with Crippen LogP contribution < -0.4 is 10.6 Å². The van der Waals surface area contributed by atoms with Gasteiger partial charge in [-0.25, -0.2) is 0 Å². The Morgan fingerprint density at radius 2 is 1.95 bits per heavy atom. The van der Waals surface area contributed by atoms with Crippen molar-refractivity contribution in [3.8, 4) is 0 Å². The largest absolute Gasteiger partial charge is 0.380 e. The zero-order chi connectivity index (χ0) is 15.8. The van der Waals surface area contributed by atoms with E-state index in [1.807, 2.05) is 19.1 Å². The molecule has 0 spiro atoms. The maximum atomic E-state index is 5.97. The van der Waals surface area contributed by atoms with Crippen LogP contribution in [0.25, 0.3) is 0 Å².